The van der Waals surface area contributed by atoms with E-state index in [9.17, 15) is 4.79 Å². The molecule has 1 aromatic rings. The smallest absolute Gasteiger partial charge is 0.303 e. The fourth-order valence-electron chi connectivity index (χ4n) is 4.31. The molecule has 34 heavy (non-hydrogen) atoms. The Morgan fingerprint density at radius 1 is 1.12 bits per heavy atom. The van der Waals surface area contributed by atoms with Crippen LogP contribution in [0.2, 0.25) is 0 Å². The lowest BCUT2D eigenvalue weighted by molar-refractivity contribution is -0.149. The molecule has 1 aliphatic rings. The van der Waals surface area contributed by atoms with E-state index in [1.807, 2.05) is 30.3 Å². The molecule has 0 saturated carbocycles. The van der Waals surface area contributed by atoms with Crippen LogP contribution in [0, 0.1) is 11.3 Å². The second-order valence-corrected chi connectivity index (χ2v) is 11.9. The van der Waals surface area contributed by atoms with Crippen molar-refractivity contribution in [2.75, 3.05) is 13.2 Å². The molecule has 1 saturated heterocycles. The molecule has 0 aromatic heterocycles. The largest absolute Gasteiger partial charge is 0.458 e. The van der Waals surface area contributed by atoms with Crippen LogP contribution in [-0.2, 0) is 29.7 Å². The first-order valence-corrected chi connectivity index (χ1v) is 12.8. The maximum absolute atomic E-state index is 11.8. The molecule has 0 radical (unpaired) electrons. The highest BCUT2D eigenvalue weighted by Gasteiger charge is 2.46. The average Bonchev–Trinajstić information content (AvgIpc) is 2.99. The number of ether oxygens (including phenoxy) is 2. The SMILES string of the molecule is CC(=O)OC1C(Cc2ccccc2)OC(COP(OCCC#N)N(C(C)(C)C)C(C)(C)C)C1N. The van der Waals surface area contributed by atoms with Gasteiger partial charge in [0, 0.05) is 24.4 Å². The maximum Gasteiger partial charge on any atom is 0.303 e. The number of rotatable bonds is 10. The van der Waals surface area contributed by atoms with Gasteiger partial charge in [-0.1, -0.05) is 30.3 Å². The van der Waals surface area contributed by atoms with Gasteiger partial charge in [-0.2, -0.15) is 5.26 Å². The molecule has 5 atom stereocenters. The highest BCUT2D eigenvalue weighted by molar-refractivity contribution is 7.44. The molecule has 0 spiro atoms. The lowest BCUT2D eigenvalue weighted by Gasteiger charge is -2.47. The summed E-state index contributed by atoms with van der Waals surface area (Å²) < 4.78 is 26.4. The Balaban J connectivity index is 2.18. The topological polar surface area (TPSA) is 107 Å². The van der Waals surface area contributed by atoms with Crippen LogP contribution in [0.25, 0.3) is 0 Å². The van der Waals surface area contributed by atoms with E-state index >= 15 is 0 Å². The van der Waals surface area contributed by atoms with Gasteiger partial charge in [-0.25, -0.2) is 4.67 Å². The first-order valence-electron chi connectivity index (χ1n) is 11.7. The van der Waals surface area contributed by atoms with E-state index in [1.165, 1.54) is 6.92 Å². The minimum Gasteiger partial charge on any atom is -0.458 e. The Morgan fingerprint density at radius 3 is 2.26 bits per heavy atom. The number of hydrogen-bond acceptors (Lipinski definition) is 8. The summed E-state index contributed by atoms with van der Waals surface area (Å²) in [5.74, 6) is -0.391. The van der Waals surface area contributed by atoms with E-state index in [-0.39, 0.29) is 36.8 Å². The van der Waals surface area contributed by atoms with Gasteiger partial charge in [0.05, 0.1) is 31.7 Å². The van der Waals surface area contributed by atoms with Gasteiger partial charge in [0.15, 0.2) is 0 Å². The second kappa shape index (κ2) is 12.4. The van der Waals surface area contributed by atoms with Crippen molar-refractivity contribution in [3.05, 3.63) is 35.9 Å². The summed E-state index contributed by atoms with van der Waals surface area (Å²) in [7, 11) is -1.50. The van der Waals surface area contributed by atoms with Crippen LogP contribution < -0.4 is 5.73 Å². The molecule has 0 aliphatic carbocycles. The Kier molecular flexibility index (Phi) is 10.4. The summed E-state index contributed by atoms with van der Waals surface area (Å²) in [4.78, 5) is 11.8. The van der Waals surface area contributed by atoms with Crippen LogP contribution in [0.15, 0.2) is 30.3 Å². The van der Waals surface area contributed by atoms with Crippen LogP contribution in [0.5, 0.6) is 0 Å². The predicted octanol–water partition coefficient (Wildman–Crippen LogP) is 4.33. The molecule has 8 nitrogen and oxygen atoms in total. The Labute approximate surface area is 205 Å². The maximum atomic E-state index is 11.8. The number of carbonyl (C=O) groups is 1. The van der Waals surface area contributed by atoms with Gasteiger partial charge in [-0.05, 0) is 47.1 Å². The fraction of sp³-hybridized carbons (Fsp3) is 0.680. The number of nitrogens with zero attached hydrogens (tertiary/aromatic N) is 2. The number of benzene rings is 1. The zero-order valence-electron chi connectivity index (χ0n) is 21.5. The first kappa shape index (κ1) is 28.6. The van der Waals surface area contributed by atoms with E-state index in [1.54, 1.807) is 0 Å². The van der Waals surface area contributed by atoms with E-state index in [0.29, 0.717) is 6.42 Å². The predicted molar refractivity (Wildman–Crippen MR) is 133 cm³/mol. The molecule has 2 N–H and O–H groups in total. The van der Waals surface area contributed by atoms with Crippen LogP contribution in [0.3, 0.4) is 0 Å². The molecule has 1 fully saturated rings. The van der Waals surface area contributed by atoms with Gasteiger partial charge < -0.3 is 24.3 Å². The number of nitriles is 1. The highest BCUT2D eigenvalue weighted by Crippen LogP contribution is 2.52. The van der Waals surface area contributed by atoms with Crippen molar-refractivity contribution in [2.24, 2.45) is 5.73 Å². The summed E-state index contributed by atoms with van der Waals surface area (Å²) >= 11 is 0. The standard InChI is InChI=1S/C25H40N3O5P/c1-18(29)32-23-20(16-19-12-9-8-10-13-19)33-21(22(23)27)17-31-34(30-15-11-14-26)28(24(2,3)4)25(5,6)7/h8-10,12-13,20-23H,11,15-17,27H2,1-7H3. The summed E-state index contributed by atoms with van der Waals surface area (Å²) in [6, 6.07) is 11.5. The van der Waals surface area contributed by atoms with Gasteiger partial charge in [0.2, 0.25) is 0 Å². The highest BCUT2D eigenvalue weighted by atomic mass is 31.2. The van der Waals surface area contributed by atoms with Crippen molar-refractivity contribution in [1.82, 2.24) is 4.67 Å². The average molecular weight is 494 g/mol. The fourth-order valence-corrected chi connectivity index (χ4v) is 6.12. The minimum atomic E-state index is -1.50. The molecule has 9 heteroatoms. The normalized spacial score (nSPS) is 24.1. The molecule has 0 amide bonds. The summed E-state index contributed by atoms with van der Waals surface area (Å²) in [6.45, 7) is 14.5. The zero-order chi connectivity index (χ0) is 25.5. The third-order valence-corrected chi connectivity index (χ3v) is 7.61. The quantitative estimate of drug-likeness (QED) is 0.292. The Bertz CT molecular complexity index is 805. The third-order valence-electron chi connectivity index (χ3n) is 5.31. The Hall–Kier alpha value is -1.59. The summed E-state index contributed by atoms with van der Waals surface area (Å²) in [5, 5.41) is 8.97. The third kappa shape index (κ3) is 8.27. The van der Waals surface area contributed by atoms with Gasteiger partial charge in [0.1, 0.15) is 18.3 Å². The van der Waals surface area contributed by atoms with Crippen LogP contribution in [0.1, 0.15) is 60.5 Å². The van der Waals surface area contributed by atoms with Gasteiger partial charge in [0.25, 0.3) is 8.53 Å². The Morgan fingerprint density at radius 2 is 1.74 bits per heavy atom. The molecule has 1 aliphatic heterocycles. The van der Waals surface area contributed by atoms with Crippen LogP contribution >= 0.6 is 8.53 Å². The van der Waals surface area contributed by atoms with Crippen molar-refractivity contribution in [3.63, 3.8) is 0 Å². The molecule has 190 valence electrons. The van der Waals surface area contributed by atoms with E-state index in [2.05, 4.69) is 52.3 Å². The lowest BCUT2D eigenvalue weighted by Crippen LogP contribution is -2.50. The van der Waals surface area contributed by atoms with Crippen molar-refractivity contribution in [1.29, 1.82) is 5.26 Å². The van der Waals surface area contributed by atoms with Gasteiger partial charge >= 0.3 is 5.97 Å². The van der Waals surface area contributed by atoms with E-state index < -0.39 is 32.7 Å². The number of nitrogens with two attached hydrogens (primary N) is 1. The van der Waals surface area contributed by atoms with E-state index in [4.69, 9.17) is 29.5 Å². The van der Waals surface area contributed by atoms with Crippen molar-refractivity contribution >= 4 is 14.5 Å². The van der Waals surface area contributed by atoms with E-state index in [0.717, 1.165) is 5.56 Å². The second-order valence-electron chi connectivity index (χ2n) is 10.5. The molecule has 0 bridgehead atoms. The van der Waals surface area contributed by atoms with Crippen molar-refractivity contribution in [2.45, 2.75) is 96.7 Å². The number of carbonyl (C=O) groups excluding carboxylic acids is 1. The minimum absolute atomic E-state index is 0.186. The molecule has 1 aromatic carbocycles. The molecule has 5 unspecified atom stereocenters. The zero-order valence-corrected chi connectivity index (χ0v) is 22.4. The monoisotopic (exact) mass is 493 g/mol. The van der Waals surface area contributed by atoms with Crippen molar-refractivity contribution < 1.29 is 23.3 Å². The molecular formula is C25H40N3O5P. The molecule has 2 rings (SSSR count). The molecular weight excluding hydrogens is 453 g/mol. The van der Waals surface area contributed by atoms with Gasteiger partial charge in [-0.3, -0.25) is 4.79 Å². The summed E-state index contributed by atoms with van der Waals surface area (Å²) in [6.07, 6.45) is -0.561. The first-order chi connectivity index (χ1) is 15.8. The number of esters is 1. The lowest BCUT2D eigenvalue weighted by atomic mass is 10.00. The molecule has 1 heterocycles. The summed E-state index contributed by atoms with van der Waals surface area (Å²) in [5.41, 5.74) is 7.09. The van der Waals surface area contributed by atoms with Crippen molar-refractivity contribution in [3.8, 4) is 6.07 Å². The number of hydrogen-bond donors (Lipinski definition) is 1. The van der Waals surface area contributed by atoms with Crippen LogP contribution in [0.4, 0.5) is 0 Å². The van der Waals surface area contributed by atoms with Crippen LogP contribution in [-0.4, -0.2) is 59.3 Å². The van der Waals surface area contributed by atoms with Gasteiger partial charge in [-0.15, -0.1) is 0 Å².